The number of halogens is 1. The molecule has 31 heavy (non-hydrogen) atoms. The van der Waals surface area contributed by atoms with Crippen LogP contribution in [0.15, 0.2) is 47.5 Å². The number of rotatable bonds is 7. The van der Waals surface area contributed by atoms with Crippen molar-refractivity contribution < 1.29 is 4.74 Å². The quantitative estimate of drug-likeness (QED) is 0.629. The van der Waals surface area contributed by atoms with E-state index in [1.54, 1.807) is 30.5 Å². The fraction of sp³-hybridized carbons (Fsp3) is 0.304. The third-order valence-electron chi connectivity index (χ3n) is 5.02. The fourth-order valence-electron chi connectivity index (χ4n) is 3.21. The van der Waals surface area contributed by atoms with Crippen LogP contribution in [0.3, 0.4) is 0 Å². The minimum absolute atomic E-state index is 0.141. The van der Waals surface area contributed by atoms with Crippen LogP contribution in [0.4, 0.5) is 5.82 Å². The number of aliphatic imine (C=N–C) groups is 1. The molecule has 0 unspecified atom stereocenters. The van der Waals surface area contributed by atoms with Gasteiger partial charge in [-0.05, 0) is 50.0 Å². The van der Waals surface area contributed by atoms with Gasteiger partial charge in [-0.2, -0.15) is 5.26 Å². The van der Waals surface area contributed by atoms with Gasteiger partial charge in [0.15, 0.2) is 16.7 Å². The minimum Gasteiger partial charge on any atom is -0.453 e. The normalized spacial score (nSPS) is 14.5. The van der Waals surface area contributed by atoms with Crippen LogP contribution in [0, 0.1) is 11.3 Å². The van der Waals surface area contributed by atoms with Crippen LogP contribution in [0.25, 0.3) is 5.70 Å². The fourth-order valence-corrected chi connectivity index (χ4v) is 3.34. The van der Waals surface area contributed by atoms with Crippen LogP contribution < -0.4 is 15.4 Å². The predicted octanol–water partition coefficient (Wildman–Crippen LogP) is 4.73. The molecule has 160 valence electrons. The van der Waals surface area contributed by atoms with Crippen molar-refractivity contribution in [2.75, 3.05) is 24.5 Å². The van der Waals surface area contributed by atoms with Crippen molar-refractivity contribution in [3.05, 3.63) is 58.8 Å². The molecule has 1 aliphatic heterocycles. The number of aromatic nitrogens is 2. The molecular weight excluding hydrogens is 412 g/mol. The summed E-state index contributed by atoms with van der Waals surface area (Å²) in [6, 6.07) is 8.97. The highest BCUT2D eigenvalue weighted by Gasteiger charge is 2.17. The van der Waals surface area contributed by atoms with E-state index in [1.165, 1.54) is 6.42 Å². The van der Waals surface area contributed by atoms with Crippen LogP contribution in [0.1, 0.15) is 37.3 Å². The van der Waals surface area contributed by atoms with E-state index in [0.29, 0.717) is 34.9 Å². The molecule has 1 saturated heterocycles. The van der Waals surface area contributed by atoms with Gasteiger partial charge in [-0.1, -0.05) is 24.3 Å². The Balaban J connectivity index is 1.93. The van der Waals surface area contributed by atoms with Crippen molar-refractivity contribution >= 4 is 29.3 Å². The van der Waals surface area contributed by atoms with Crippen LogP contribution in [-0.2, 0) is 0 Å². The smallest absolute Gasteiger partial charge is 0.194 e. The molecule has 8 heteroatoms. The molecule has 3 rings (SSSR count). The molecule has 7 nitrogen and oxygen atoms in total. The Hall–Kier alpha value is -3.21. The van der Waals surface area contributed by atoms with E-state index in [9.17, 15) is 5.26 Å². The third kappa shape index (κ3) is 5.69. The number of anilines is 1. The molecule has 1 aromatic heterocycles. The maximum atomic E-state index is 9.33. The molecule has 1 fully saturated rings. The summed E-state index contributed by atoms with van der Waals surface area (Å²) < 4.78 is 6.11. The molecule has 2 N–H and O–H groups in total. The van der Waals surface area contributed by atoms with Gasteiger partial charge in [-0.25, -0.2) is 0 Å². The molecule has 0 amide bonds. The molecule has 0 aliphatic carbocycles. The number of nitrogens with two attached hydrogens (primary N) is 1. The highest BCUT2D eigenvalue weighted by molar-refractivity contribution is 6.30. The summed E-state index contributed by atoms with van der Waals surface area (Å²) in [5, 5.41) is 17.7. The van der Waals surface area contributed by atoms with Crippen LogP contribution in [0.5, 0.6) is 11.5 Å². The van der Waals surface area contributed by atoms with Gasteiger partial charge in [-0.15, -0.1) is 10.2 Å². The molecule has 0 radical (unpaired) electrons. The number of ether oxygens (including phenoxy) is 1. The SMILES string of the molecule is C=C(/N=C\C(=C/C)CN)c1ccc(C#N)cc1Oc1cc(N2CCCCC2)nnc1Cl. The first-order chi connectivity index (χ1) is 15.0. The summed E-state index contributed by atoms with van der Waals surface area (Å²) in [4.78, 5) is 6.58. The van der Waals surface area contributed by atoms with Gasteiger partial charge in [0.2, 0.25) is 0 Å². The van der Waals surface area contributed by atoms with Crippen molar-refractivity contribution in [3.63, 3.8) is 0 Å². The first-order valence-electron chi connectivity index (χ1n) is 10.1. The molecule has 2 heterocycles. The van der Waals surface area contributed by atoms with E-state index in [0.717, 1.165) is 37.3 Å². The molecule has 0 bridgehead atoms. The van der Waals surface area contributed by atoms with Crippen molar-refractivity contribution in [1.29, 1.82) is 5.26 Å². The number of nitrogens with zero attached hydrogens (tertiary/aromatic N) is 5. The number of allylic oxidation sites excluding steroid dienone is 1. The zero-order valence-corrected chi connectivity index (χ0v) is 18.3. The summed E-state index contributed by atoms with van der Waals surface area (Å²) in [6.45, 7) is 8.15. The van der Waals surface area contributed by atoms with Crippen molar-refractivity contribution in [1.82, 2.24) is 10.2 Å². The number of nitriles is 1. The second-order valence-electron chi connectivity index (χ2n) is 7.10. The summed E-state index contributed by atoms with van der Waals surface area (Å²) in [5.41, 5.74) is 8.12. The average Bonchev–Trinajstić information content (AvgIpc) is 2.81. The predicted molar refractivity (Wildman–Crippen MR) is 125 cm³/mol. The molecule has 2 aromatic rings. The topological polar surface area (TPSA) is 100 Å². The minimum atomic E-state index is 0.141. The van der Waals surface area contributed by atoms with E-state index < -0.39 is 0 Å². The Kier molecular flexibility index (Phi) is 7.76. The molecule has 1 aromatic carbocycles. The Bertz CT molecular complexity index is 1050. The zero-order chi connectivity index (χ0) is 22.2. The first-order valence-corrected chi connectivity index (χ1v) is 10.5. The van der Waals surface area contributed by atoms with Crippen molar-refractivity contribution in [2.24, 2.45) is 10.7 Å². The summed E-state index contributed by atoms with van der Waals surface area (Å²) in [5.74, 6) is 1.49. The second-order valence-corrected chi connectivity index (χ2v) is 7.46. The highest BCUT2D eigenvalue weighted by atomic mass is 35.5. The number of hydrogen-bond donors (Lipinski definition) is 1. The number of hydrogen-bond acceptors (Lipinski definition) is 7. The summed E-state index contributed by atoms with van der Waals surface area (Å²) >= 11 is 6.28. The largest absolute Gasteiger partial charge is 0.453 e. The van der Waals surface area contributed by atoms with Gasteiger partial charge in [-0.3, -0.25) is 4.99 Å². The Morgan fingerprint density at radius 1 is 1.29 bits per heavy atom. The van der Waals surface area contributed by atoms with Gasteiger partial charge in [0.25, 0.3) is 0 Å². The van der Waals surface area contributed by atoms with Gasteiger partial charge >= 0.3 is 0 Å². The van der Waals surface area contributed by atoms with Crippen molar-refractivity contribution in [2.45, 2.75) is 26.2 Å². The highest BCUT2D eigenvalue weighted by Crippen LogP contribution is 2.35. The first kappa shape index (κ1) is 22.5. The Morgan fingerprint density at radius 2 is 2.06 bits per heavy atom. The molecule has 0 saturated carbocycles. The lowest BCUT2D eigenvalue weighted by Crippen LogP contribution is -2.30. The molecular formula is C23H25ClN6O. The standard InChI is InChI=1S/C23H25ClN6O/c1-3-17(13-25)15-27-16(2)19-8-7-18(14-26)11-20(19)31-21-12-22(28-29-23(21)24)30-9-5-4-6-10-30/h3,7-8,11-12,15H,2,4-6,9-10,13,25H2,1H3/b17-3-,27-15-. The Labute approximate surface area is 187 Å². The number of benzene rings is 1. The van der Waals surface area contributed by atoms with E-state index in [-0.39, 0.29) is 5.15 Å². The van der Waals surface area contributed by atoms with Crippen LogP contribution in [-0.4, -0.2) is 36.0 Å². The monoisotopic (exact) mass is 436 g/mol. The zero-order valence-electron chi connectivity index (χ0n) is 17.5. The van der Waals surface area contributed by atoms with Gasteiger partial charge < -0.3 is 15.4 Å². The third-order valence-corrected chi connectivity index (χ3v) is 5.28. The Morgan fingerprint density at radius 3 is 2.74 bits per heavy atom. The molecule has 1 aliphatic rings. The van der Waals surface area contributed by atoms with E-state index in [2.05, 4.69) is 32.7 Å². The summed E-state index contributed by atoms with van der Waals surface area (Å²) in [7, 11) is 0. The average molecular weight is 437 g/mol. The van der Waals surface area contributed by atoms with Crippen molar-refractivity contribution in [3.8, 4) is 17.6 Å². The second kappa shape index (κ2) is 10.7. The lowest BCUT2D eigenvalue weighted by molar-refractivity contribution is 0.475. The van der Waals surface area contributed by atoms with Gasteiger partial charge in [0.1, 0.15) is 5.75 Å². The lowest BCUT2D eigenvalue weighted by Gasteiger charge is -2.27. The maximum Gasteiger partial charge on any atom is 0.194 e. The maximum absolute atomic E-state index is 9.33. The lowest BCUT2D eigenvalue weighted by atomic mass is 10.1. The van der Waals surface area contributed by atoms with Crippen LogP contribution >= 0.6 is 11.6 Å². The number of piperidine rings is 1. The van der Waals surface area contributed by atoms with E-state index in [4.69, 9.17) is 22.1 Å². The van der Waals surface area contributed by atoms with E-state index >= 15 is 0 Å². The molecule has 0 atom stereocenters. The molecule has 0 spiro atoms. The van der Waals surface area contributed by atoms with Gasteiger partial charge in [0.05, 0.1) is 17.3 Å². The van der Waals surface area contributed by atoms with E-state index in [1.807, 2.05) is 13.0 Å². The summed E-state index contributed by atoms with van der Waals surface area (Å²) in [6.07, 6.45) is 7.00. The van der Waals surface area contributed by atoms with Crippen LogP contribution in [0.2, 0.25) is 5.15 Å². The van der Waals surface area contributed by atoms with Gasteiger partial charge in [0, 0.05) is 37.5 Å².